The number of hydrogen-bond donors (Lipinski definition) is 0. The summed E-state index contributed by atoms with van der Waals surface area (Å²) in [4.78, 5) is 22.2. The third-order valence-electron chi connectivity index (χ3n) is 3.91. The van der Waals surface area contributed by atoms with Gasteiger partial charge < -0.3 is 0 Å². The van der Waals surface area contributed by atoms with E-state index >= 15 is 0 Å². The summed E-state index contributed by atoms with van der Waals surface area (Å²) in [6.07, 6.45) is 12.3. The summed E-state index contributed by atoms with van der Waals surface area (Å²) in [5, 5.41) is 0. The van der Waals surface area contributed by atoms with Gasteiger partial charge in [0.05, 0.1) is 0 Å². The molecule has 2 aromatic heterocycles. The Kier molecular flexibility index (Phi) is 6.79. The fraction of sp³-hybridized carbons (Fsp3) is 0.400. The minimum absolute atomic E-state index is 0.167. The predicted molar refractivity (Wildman–Crippen MR) is 91.3 cm³/mol. The molecule has 24 heavy (non-hydrogen) atoms. The zero-order valence-corrected chi connectivity index (χ0v) is 14.6. The van der Waals surface area contributed by atoms with E-state index < -0.39 is 0 Å². The van der Waals surface area contributed by atoms with Gasteiger partial charge in [0.1, 0.15) is 0 Å². The number of carbonyl (C=O) groups excluding carboxylic acids is 2. The van der Waals surface area contributed by atoms with E-state index in [1.807, 2.05) is 33.9 Å². The Hall–Kier alpha value is -2.36. The summed E-state index contributed by atoms with van der Waals surface area (Å²) in [6, 6.07) is 8.37. The minimum atomic E-state index is 0.167. The highest BCUT2D eigenvalue weighted by Gasteiger charge is 2.05. The van der Waals surface area contributed by atoms with Gasteiger partial charge in [-0.2, -0.15) is 9.13 Å². The standard InChI is InChI=1S/C20H26N2O2/c1-17(23)15-21-11-7-19(8-12-21)5-3-4-6-20-9-13-22(14-10-20)16-18(2)24/h7-14H,3-6,15-16H2,1-2H3/q+2. The summed E-state index contributed by atoms with van der Waals surface area (Å²) >= 11 is 0. The van der Waals surface area contributed by atoms with Crippen molar-refractivity contribution in [1.29, 1.82) is 0 Å². The maximum absolute atomic E-state index is 11.1. The molecule has 0 spiro atoms. The van der Waals surface area contributed by atoms with Crippen LogP contribution in [0.5, 0.6) is 0 Å². The molecule has 2 aromatic rings. The van der Waals surface area contributed by atoms with Crippen molar-refractivity contribution in [3.63, 3.8) is 0 Å². The number of nitrogens with zero attached hydrogens (tertiary/aromatic N) is 2. The first-order chi connectivity index (χ1) is 11.5. The summed E-state index contributed by atoms with van der Waals surface area (Å²) in [5.74, 6) is 0.334. The van der Waals surface area contributed by atoms with Gasteiger partial charge in [0.2, 0.25) is 13.1 Å². The van der Waals surface area contributed by atoms with Gasteiger partial charge in [-0.05, 0) is 36.8 Å². The second kappa shape index (κ2) is 9.06. The molecular formula is C20H26N2O2+2. The number of unbranched alkanes of at least 4 members (excludes halogenated alkanes) is 1. The van der Waals surface area contributed by atoms with E-state index in [1.165, 1.54) is 11.1 Å². The number of ketones is 2. The first kappa shape index (κ1) is 18.0. The Bertz CT molecular complexity index is 614. The van der Waals surface area contributed by atoms with Crippen LogP contribution in [0.2, 0.25) is 0 Å². The van der Waals surface area contributed by atoms with Gasteiger partial charge >= 0.3 is 0 Å². The van der Waals surface area contributed by atoms with E-state index in [-0.39, 0.29) is 11.6 Å². The lowest BCUT2D eigenvalue weighted by atomic mass is 10.1. The van der Waals surface area contributed by atoms with E-state index in [0.29, 0.717) is 13.1 Å². The average Bonchev–Trinajstić information content (AvgIpc) is 2.53. The highest BCUT2D eigenvalue weighted by molar-refractivity contribution is 5.74. The molecule has 0 radical (unpaired) electrons. The Morgan fingerprint density at radius 1 is 0.708 bits per heavy atom. The number of rotatable bonds is 9. The molecule has 4 nitrogen and oxygen atoms in total. The van der Waals surface area contributed by atoms with Crippen LogP contribution < -0.4 is 9.13 Å². The van der Waals surface area contributed by atoms with Gasteiger partial charge in [-0.15, -0.1) is 0 Å². The molecule has 0 bridgehead atoms. The molecule has 0 aromatic carbocycles. The van der Waals surface area contributed by atoms with Crippen LogP contribution >= 0.6 is 0 Å². The maximum Gasteiger partial charge on any atom is 0.206 e. The molecule has 4 heteroatoms. The monoisotopic (exact) mass is 326 g/mol. The molecule has 0 unspecified atom stereocenters. The van der Waals surface area contributed by atoms with Gasteiger partial charge in [0.15, 0.2) is 36.4 Å². The predicted octanol–water partition coefficient (Wildman–Crippen LogP) is 2.00. The van der Waals surface area contributed by atoms with E-state index in [9.17, 15) is 9.59 Å². The zero-order chi connectivity index (χ0) is 17.4. The van der Waals surface area contributed by atoms with Gasteiger partial charge in [-0.3, -0.25) is 9.59 Å². The van der Waals surface area contributed by atoms with Crippen molar-refractivity contribution in [2.45, 2.75) is 52.6 Å². The van der Waals surface area contributed by atoms with E-state index in [0.717, 1.165) is 25.7 Å². The normalized spacial score (nSPS) is 10.6. The van der Waals surface area contributed by atoms with Crippen LogP contribution in [0.15, 0.2) is 49.1 Å². The SMILES string of the molecule is CC(=O)C[n+]1ccc(CCCCc2cc[n+](CC(C)=O)cc2)cc1. The van der Waals surface area contributed by atoms with Gasteiger partial charge in [0.25, 0.3) is 0 Å². The maximum atomic E-state index is 11.1. The van der Waals surface area contributed by atoms with Crippen LogP contribution in [0.1, 0.15) is 37.8 Å². The Balaban J connectivity index is 1.72. The number of hydrogen-bond acceptors (Lipinski definition) is 2. The van der Waals surface area contributed by atoms with E-state index in [4.69, 9.17) is 0 Å². The number of Topliss-reactive ketones (excluding diaryl/α,β-unsaturated/α-hetero) is 2. The topological polar surface area (TPSA) is 41.9 Å². The molecule has 0 saturated carbocycles. The largest absolute Gasteiger partial charge is 0.293 e. The quantitative estimate of drug-likeness (QED) is 0.522. The van der Waals surface area contributed by atoms with Crippen molar-refractivity contribution in [3.05, 3.63) is 60.2 Å². The molecule has 0 aliphatic carbocycles. The lowest BCUT2D eigenvalue weighted by molar-refractivity contribution is -0.684. The zero-order valence-electron chi connectivity index (χ0n) is 14.6. The van der Waals surface area contributed by atoms with Crippen molar-refractivity contribution in [2.24, 2.45) is 0 Å². The van der Waals surface area contributed by atoms with Crippen molar-refractivity contribution < 1.29 is 18.7 Å². The molecule has 2 heterocycles. The fourth-order valence-corrected chi connectivity index (χ4v) is 2.69. The smallest absolute Gasteiger partial charge is 0.206 e. The van der Waals surface area contributed by atoms with Gasteiger partial charge in [-0.1, -0.05) is 0 Å². The Morgan fingerprint density at radius 2 is 1.04 bits per heavy atom. The van der Waals surface area contributed by atoms with Crippen molar-refractivity contribution in [1.82, 2.24) is 0 Å². The van der Waals surface area contributed by atoms with Crippen LogP contribution in [0.3, 0.4) is 0 Å². The van der Waals surface area contributed by atoms with Crippen molar-refractivity contribution in [3.8, 4) is 0 Å². The molecule has 0 N–H and O–H groups in total. The lowest BCUT2D eigenvalue weighted by Crippen LogP contribution is -2.36. The second-order valence-corrected chi connectivity index (χ2v) is 6.37. The molecule has 0 atom stereocenters. The summed E-state index contributed by atoms with van der Waals surface area (Å²) in [7, 11) is 0. The van der Waals surface area contributed by atoms with E-state index in [1.54, 1.807) is 13.8 Å². The second-order valence-electron chi connectivity index (χ2n) is 6.37. The van der Waals surface area contributed by atoms with Crippen LogP contribution in [0.25, 0.3) is 0 Å². The number of carbonyl (C=O) groups is 2. The average molecular weight is 326 g/mol. The fourth-order valence-electron chi connectivity index (χ4n) is 2.69. The molecule has 2 rings (SSSR count). The molecule has 0 saturated heterocycles. The summed E-state index contributed by atoms with van der Waals surface area (Å²) in [6.45, 7) is 4.09. The summed E-state index contributed by atoms with van der Waals surface area (Å²) in [5.41, 5.74) is 2.62. The van der Waals surface area contributed by atoms with E-state index in [2.05, 4.69) is 24.3 Å². The minimum Gasteiger partial charge on any atom is -0.293 e. The van der Waals surface area contributed by atoms with Crippen LogP contribution in [-0.4, -0.2) is 11.6 Å². The molecular weight excluding hydrogens is 300 g/mol. The third kappa shape index (κ3) is 6.41. The van der Waals surface area contributed by atoms with Crippen molar-refractivity contribution >= 4 is 11.6 Å². The highest BCUT2D eigenvalue weighted by atomic mass is 16.1. The molecule has 0 aliphatic heterocycles. The van der Waals surface area contributed by atoms with Gasteiger partial charge in [0, 0.05) is 38.1 Å². The van der Waals surface area contributed by atoms with Gasteiger partial charge in [-0.25, -0.2) is 0 Å². The molecule has 0 fully saturated rings. The highest BCUT2D eigenvalue weighted by Crippen LogP contribution is 2.07. The third-order valence-corrected chi connectivity index (χ3v) is 3.91. The number of aromatic nitrogens is 2. The summed E-state index contributed by atoms with van der Waals surface area (Å²) < 4.78 is 3.82. The Morgan fingerprint density at radius 3 is 1.33 bits per heavy atom. The number of aryl methyl sites for hydroxylation is 2. The first-order valence-corrected chi connectivity index (χ1v) is 8.48. The Labute approximate surface area is 143 Å². The molecule has 126 valence electrons. The lowest BCUT2D eigenvalue weighted by Gasteiger charge is -2.02. The van der Waals surface area contributed by atoms with Crippen LogP contribution in [-0.2, 0) is 35.5 Å². The number of pyridine rings is 2. The van der Waals surface area contributed by atoms with Crippen LogP contribution in [0, 0.1) is 0 Å². The van der Waals surface area contributed by atoms with Crippen molar-refractivity contribution in [2.75, 3.05) is 0 Å². The molecule has 0 amide bonds. The first-order valence-electron chi connectivity index (χ1n) is 8.48. The molecule has 0 aliphatic rings. The van der Waals surface area contributed by atoms with Crippen LogP contribution in [0.4, 0.5) is 0 Å².